The molecule has 0 bridgehead atoms. The van der Waals surface area contributed by atoms with Gasteiger partial charge in [-0.2, -0.15) is 0 Å². The molecule has 0 aromatic carbocycles. The van der Waals surface area contributed by atoms with Crippen molar-refractivity contribution in [3.63, 3.8) is 0 Å². The van der Waals surface area contributed by atoms with Crippen LogP contribution < -0.4 is 0 Å². The number of likely N-dealkylation sites (tertiary alicyclic amines) is 1. The highest BCUT2D eigenvalue weighted by Crippen LogP contribution is 2.31. The number of nitrogens with zero attached hydrogens (tertiary/aromatic N) is 2. The van der Waals surface area contributed by atoms with Crippen LogP contribution in [0.5, 0.6) is 0 Å². The lowest BCUT2D eigenvalue weighted by atomic mass is 10.0. The largest absolute Gasteiger partial charge is 0.481 e. The summed E-state index contributed by atoms with van der Waals surface area (Å²) in [6.07, 6.45) is 2.63. The number of carbonyl (C=O) groups excluding carboxylic acids is 1. The Balaban J connectivity index is 1.99. The SMILES string of the molecule is COCCN(C(=O)N1CCC(C(=O)O)C1C)C1CC1. The van der Waals surface area contributed by atoms with Crippen molar-refractivity contribution in [3.05, 3.63) is 0 Å². The molecule has 2 rings (SSSR count). The molecule has 0 radical (unpaired) electrons. The van der Waals surface area contributed by atoms with Gasteiger partial charge in [-0.1, -0.05) is 0 Å². The molecule has 0 spiro atoms. The third kappa shape index (κ3) is 3.00. The number of carbonyl (C=O) groups is 2. The van der Waals surface area contributed by atoms with Gasteiger partial charge >= 0.3 is 12.0 Å². The van der Waals surface area contributed by atoms with Gasteiger partial charge in [-0.25, -0.2) is 4.79 Å². The van der Waals surface area contributed by atoms with Crippen LogP contribution in [0.2, 0.25) is 0 Å². The first-order chi connectivity index (χ1) is 9.06. The molecule has 2 atom stereocenters. The van der Waals surface area contributed by atoms with Crippen LogP contribution in [-0.4, -0.2) is 65.8 Å². The van der Waals surface area contributed by atoms with Crippen LogP contribution in [0, 0.1) is 5.92 Å². The fraction of sp³-hybridized carbons (Fsp3) is 0.846. The molecule has 1 saturated carbocycles. The predicted octanol–water partition coefficient (Wildman–Crippen LogP) is 1.01. The van der Waals surface area contributed by atoms with E-state index >= 15 is 0 Å². The Morgan fingerprint density at radius 1 is 1.37 bits per heavy atom. The smallest absolute Gasteiger partial charge is 0.320 e. The zero-order valence-corrected chi connectivity index (χ0v) is 11.5. The van der Waals surface area contributed by atoms with Crippen LogP contribution in [0.3, 0.4) is 0 Å². The van der Waals surface area contributed by atoms with E-state index < -0.39 is 11.9 Å². The monoisotopic (exact) mass is 270 g/mol. The number of hydrogen-bond acceptors (Lipinski definition) is 3. The van der Waals surface area contributed by atoms with Crippen molar-refractivity contribution in [2.45, 2.75) is 38.3 Å². The number of urea groups is 1. The van der Waals surface area contributed by atoms with E-state index in [9.17, 15) is 9.59 Å². The zero-order valence-electron chi connectivity index (χ0n) is 11.5. The maximum Gasteiger partial charge on any atom is 0.320 e. The highest BCUT2D eigenvalue weighted by molar-refractivity contribution is 5.78. The summed E-state index contributed by atoms with van der Waals surface area (Å²) in [6.45, 7) is 3.46. The Labute approximate surface area is 113 Å². The van der Waals surface area contributed by atoms with Gasteiger partial charge < -0.3 is 19.6 Å². The number of carboxylic acid groups (broad SMARTS) is 1. The van der Waals surface area contributed by atoms with E-state index in [1.807, 2.05) is 11.8 Å². The van der Waals surface area contributed by atoms with Crippen molar-refractivity contribution in [1.82, 2.24) is 9.80 Å². The molecule has 0 aromatic heterocycles. The van der Waals surface area contributed by atoms with Crippen LogP contribution in [0.1, 0.15) is 26.2 Å². The van der Waals surface area contributed by atoms with Gasteiger partial charge in [0.05, 0.1) is 12.5 Å². The summed E-state index contributed by atoms with van der Waals surface area (Å²) in [4.78, 5) is 27.2. The Morgan fingerprint density at radius 3 is 2.53 bits per heavy atom. The first kappa shape index (κ1) is 14.1. The topological polar surface area (TPSA) is 70.1 Å². The van der Waals surface area contributed by atoms with Crippen molar-refractivity contribution < 1.29 is 19.4 Å². The molecule has 19 heavy (non-hydrogen) atoms. The first-order valence-corrected chi connectivity index (χ1v) is 6.85. The summed E-state index contributed by atoms with van der Waals surface area (Å²) in [6, 6.07) is 0.0586. The third-order valence-electron chi connectivity index (χ3n) is 4.09. The van der Waals surface area contributed by atoms with Crippen LogP contribution in [0.15, 0.2) is 0 Å². The van der Waals surface area contributed by atoms with Gasteiger partial charge in [-0.15, -0.1) is 0 Å². The molecule has 1 saturated heterocycles. The number of amides is 2. The highest BCUT2D eigenvalue weighted by atomic mass is 16.5. The minimum atomic E-state index is -0.808. The van der Waals surface area contributed by atoms with Crippen LogP contribution in [0.4, 0.5) is 4.79 Å². The summed E-state index contributed by atoms with van der Waals surface area (Å²) in [7, 11) is 1.62. The number of ether oxygens (including phenoxy) is 1. The maximum atomic E-state index is 12.5. The first-order valence-electron chi connectivity index (χ1n) is 6.85. The molecule has 2 fully saturated rings. The standard InChI is InChI=1S/C13H22N2O4/c1-9-11(12(16)17)5-6-14(9)13(18)15(7-8-19-2)10-3-4-10/h9-11H,3-8H2,1-2H3,(H,16,17). The predicted molar refractivity (Wildman–Crippen MR) is 68.9 cm³/mol. The lowest BCUT2D eigenvalue weighted by molar-refractivity contribution is -0.142. The lowest BCUT2D eigenvalue weighted by Crippen LogP contribution is -2.48. The molecule has 6 heteroatoms. The molecule has 2 aliphatic rings. The summed E-state index contributed by atoms with van der Waals surface area (Å²) >= 11 is 0. The molecule has 0 aromatic rings. The van der Waals surface area contributed by atoms with E-state index in [0.717, 1.165) is 12.8 Å². The molecular formula is C13H22N2O4. The van der Waals surface area contributed by atoms with Crippen molar-refractivity contribution in [2.24, 2.45) is 5.92 Å². The molecule has 1 N–H and O–H groups in total. The Morgan fingerprint density at radius 2 is 2.05 bits per heavy atom. The number of aliphatic carboxylic acids is 1. The number of hydrogen-bond donors (Lipinski definition) is 1. The number of methoxy groups -OCH3 is 1. The minimum Gasteiger partial charge on any atom is -0.481 e. The second-order valence-corrected chi connectivity index (χ2v) is 5.37. The molecule has 108 valence electrons. The van der Waals surface area contributed by atoms with Gasteiger partial charge in [0.25, 0.3) is 0 Å². The maximum absolute atomic E-state index is 12.5. The summed E-state index contributed by atoms with van der Waals surface area (Å²) in [5.41, 5.74) is 0. The van der Waals surface area contributed by atoms with Gasteiger partial charge in [-0.05, 0) is 26.2 Å². The van der Waals surface area contributed by atoms with Gasteiger partial charge in [0, 0.05) is 32.3 Å². The molecule has 6 nitrogen and oxygen atoms in total. The molecule has 1 heterocycles. The van der Waals surface area contributed by atoms with E-state index in [2.05, 4.69) is 0 Å². The second-order valence-electron chi connectivity index (χ2n) is 5.37. The quantitative estimate of drug-likeness (QED) is 0.809. The second kappa shape index (κ2) is 5.77. The van der Waals surface area contributed by atoms with Crippen molar-refractivity contribution in [3.8, 4) is 0 Å². The van der Waals surface area contributed by atoms with Gasteiger partial charge in [0.1, 0.15) is 0 Å². The fourth-order valence-corrected chi connectivity index (χ4v) is 2.72. The van der Waals surface area contributed by atoms with Crippen molar-refractivity contribution in [1.29, 1.82) is 0 Å². The van der Waals surface area contributed by atoms with E-state index in [-0.39, 0.29) is 12.1 Å². The van der Waals surface area contributed by atoms with Crippen LogP contribution in [0.25, 0.3) is 0 Å². The van der Waals surface area contributed by atoms with Gasteiger partial charge in [-0.3, -0.25) is 4.79 Å². The molecular weight excluding hydrogens is 248 g/mol. The summed E-state index contributed by atoms with van der Waals surface area (Å²) < 4.78 is 5.04. The van der Waals surface area contributed by atoms with Crippen LogP contribution in [-0.2, 0) is 9.53 Å². The molecule has 2 amide bonds. The Hall–Kier alpha value is -1.30. The zero-order chi connectivity index (χ0) is 14.0. The van der Waals surface area contributed by atoms with Crippen molar-refractivity contribution >= 4 is 12.0 Å². The van der Waals surface area contributed by atoms with E-state index in [0.29, 0.717) is 32.2 Å². The van der Waals surface area contributed by atoms with E-state index in [4.69, 9.17) is 9.84 Å². The lowest BCUT2D eigenvalue weighted by Gasteiger charge is -2.31. The average Bonchev–Trinajstić information content (AvgIpc) is 3.12. The summed E-state index contributed by atoms with van der Waals surface area (Å²) in [5, 5.41) is 9.11. The summed E-state index contributed by atoms with van der Waals surface area (Å²) in [5.74, 6) is -1.25. The number of carboxylic acids is 1. The van der Waals surface area contributed by atoms with E-state index in [1.54, 1.807) is 12.0 Å². The van der Waals surface area contributed by atoms with E-state index in [1.165, 1.54) is 0 Å². The van der Waals surface area contributed by atoms with Gasteiger partial charge in [0.15, 0.2) is 0 Å². The van der Waals surface area contributed by atoms with Gasteiger partial charge in [0.2, 0.25) is 0 Å². The molecule has 1 aliphatic carbocycles. The Bertz CT molecular complexity index is 357. The Kier molecular flexibility index (Phi) is 4.29. The number of rotatable bonds is 5. The highest BCUT2D eigenvalue weighted by Gasteiger charge is 2.42. The molecule has 2 unspecified atom stereocenters. The molecule has 1 aliphatic heterocycles. The van der Waals surface area contributed by atoms with Crippen LogP contribution >= 0.6 is 0 Å². The minimum absolute atomic E-state index is 0.0317. The fourth-order valence-electron chi connectivity index (χ4n) is 2.72. The van der Waals surface area contributed by atoms with Crippen molar-refractivity contribution in [2.75, 3.05) is 26.8 Å². The third-order valence-corrected chi connectivity index (χ3v) is 4.09. The normalized spacial score (nSPS) is 26.5. The average molecular weight is 270 g/mol.